The summed E-state index contributed by atoms with van der Waals surface area (Å²) in [5.41, 5.74) is 0.942. The number of hydrogen-bond donors (Lipinski definition) is 1. The zero-order valence-electron chi connectivity index (χ0n) is 8.51. The van der Waals surface area contributed by atoms with Crippen LogP contribution in [-0.2, 0) is 7.05 Å². The maximum atomic E-state index is 11.7. The van der Waals surface area contributed by atoms with Crippen LogP contribution in [0.4, 0.5) is 5.69 Å². The molecular formula is C10H9ClN4O. The van der Waals surface area contributed by atoms with Gasteiger partial charge in [0.25, 0.3) is 5.91 Å². The van der Waals surface area contributed by atoms with Crippen LogP contribution < -0.4 is 5.32 Å². The molecule has 2 rings (SSSR count). The molecule has 0 saturated carbocycles. The Morgan fingerprint density at radius 1 is 1.44 bits per heavy atom. The standard InChI is InChI=1S/C10H9ClN4O/c1-15-5-4-8(14-15)10(16)13-7-2-3-9(11)12-6-7/h2-6H,1H3,(H,13,16). The van der Waals surface area contributed by atoms with Gasteiger partial charge in [0.2, 0.25) is 0 Å². The summed E-state index contributed by atoms with van der Waals surface area (Å²) in [6, 6.07) is 4.92. The predicted octanol–water partition coefficient (Wildman–Crippen LogP) is 1.72. The van der Waals surface area contributed by atoms with Crippen molar-refractivity contribution in [1.82, 2.24) is 14.8 Å². The number of carbonyl (C=O) groups is 1. The van der Waals surface area contributed by atoms with Gasteiger partial charge >= 0.3 is 0 Å². The minimum Gasteiger partial charge on any atom is -0.319 e. The molecule has 0 radical (unpaired) electrons. The lowest BCUT2D eigenvalue weighted by Crippen LogP contribution is -2.13. The van der Waals surface area contributed by atoms with E-state index in [4.69, 9.17) is 11.6 Å². The predicted molar refractivity (Wildman–Crippen MR) is 60.4 cm³/mol. The van der Waals surface area contributed by atoms with Crippen molar-refractivity contribution in [2.45, 2.75) is 0 Å². The minimum atomic E-state index is -0.273. The van der Waals surface area contributed by atoms with Crippen molar-refractivity contribution in [2.24, 2.45) is 7.05 Å². The highest BCUT2D eigenvalue weighted by atomic mass is 35.5. The van der Waals surface area contributed by atoms with Gasteiger partial charge in [-0.3, -0.25) is 9.48 Å². The van der Waals surface area contributed by atoms with E-state index < -0.39 is 0 Å². The first-order chi connectivity index (χ1) is 7.65. The first-order valence-electron chi connectivity index (χ1n) is 4.58. The third kappa shape index (κ3) is 2.38. The number of halogens is 1. The minimum absolute atomic E-state index is 0.273. The van der Waals surface area contributed by atoms with Crippen LogP contribution in [0.15, 0.2) is 30.6 Å². The third-order valence-electron chi connectivity index (χ3n) is 1.93. The van der Waals surface area contributed by atoms with Gasteiger partial charge in [-0.15, -0.1) is 0 Å². The van der Waals surface area contributed by atoms with E-state index in [0.717, 1.165) is 0 Å². The largest absolute Gasteiger partial charge is 0.319 e. The first kappa shape index (κ1) is 10.6. The number of pyridine rings is 1. The number of hydrogen-bond acceptors (Lipinski definition) is 3. The number of aromatic nitrogens is 3. The quantitative estimate of drug-likeness (QED) is 0.808. The van der Waals surface area contributed by atoms with Crippen molar-refractivity contribution in [3.05, 3.63) is 41.4 Å². The first-order valence-corrected chi connectivity index (χ1v) is 4.95. The number of nitrogens with zero attached hydrogens (tertiary/aromatic N) is 3. The van der Waals surface area contributed by atoms with Crippen LogP contribution >= 0.6 is 11.6 Å². The molecule has 0 aliphatic rings. The Kier molecular flexibility index (Phi) is 2.87. The lowest BCUT2D eigenvalue weighted by Gasteiger charge is -2.01. The van der Waals surface area contributed by atoms with E-state index in [1.165, 1.54) is 6.20 Å². The number of rotatable bonds is 2. The van der Waals surface area contributed by atoms with Crippen LogP contribution in [0.5, 0.6) is 0 Å². The van der Waals surface area contributed by atoms with E-state index >= 15 is 0 Å². The topological polar surface area (TPSA) is 59.8 Å². The second kappa shape index (κ2) is 4.32. The zero-order chi connectivity index (χ0) is 11.5. The van der Waals surface area contributed by atoms with Gasteiger partial charge in [0.05, 0.1) is 11.9 Å². The van der Waals surface area contributed by atoms with E-state index in [1.54, 1.807) is 36.1 Å². The average Bonchev–Trinajstić information content (AvgIpc) is 2.68. The summed E-state index contributed by atoms with van der Waals surface area (Å²) in [4.78, 5) is 15.5. The van der Waals surface area contributed by atoms with Crippen LogP contribution in [0.2, 0.25) is 5.15 Å². The van der Waals surface area contributed by atoms with E-state index in [-0.39, 0.29) is 5.91 Å². The van der Waals surface area contributed by atoms with Crippen molar-refractivity contribution in [3.8, 4) is 0 Å². The van der Waals surface area contributed by atoms with E-state index in [1.807, 2.05) is 0 Å². The summed E-state index contributed by atoms with van der Waals surface area (Å²) < 4.78 is 1.56. The second-order valence-corrected chi connectivity index (χ2v) is 3.59. The Labute approximate surface area is 97.1 Å². The van der Waals surface area contributed by atoms with Crippen molar-refractivity contribution in [1.29, 1.82) is 0 Å². The van der Waals surface area contributed by atoms with Crippen LogP contribution in [0, 0.1) is 0 Å². The molecule has 0 atom stereocenters. The summed E-state index contributed by atoms with van der Waals surface area (Å²) in [6.07, 6.45) is 3.19. The Hall–Kier alpha value is -1.88. The lowest BCUT2D eigenvalue weighted by molar-refractivity contribution is 0.102. The van der Waals surface area contributed by atoms with Crippen LogP contribution in [0.3, 0.4) is 0 Å². The molecule has 0 aliphatic carbocycles. The molecule has 0 spiro atoms. The Morgan fingerprint density at radius 2 is 2.25 bits per heavy atom. The van der Waals surface area contributed by atoms with Gasteiger partial charge in [-0.05, 0) is 18.2 Å². The van der Waals surface area contributed by atoms with Crippen LogP contribution in [0.25, 0.3) is 0 Å². The fourth-order valence-electron chi connectivity index (χ4n) is 1.18. The summed E-state index contributed by atoms with van der Waals surface area (Å²) in [5.74, 6) is -0.273. The summed E-state index contributed by atoms with van der Waals surface area (Å²) in [6.45, 7) is 0. The molecule has 2 heterocycles. The number of aryl methyl sites for hydroxylation is 1. The highest BCUT2D eigenvalue weighted by Gasteiger charge is 2.08. The molecular weight excluding hydrogens is 228 g/mol. The molecule has 2 aromatic heterocycles. The zero-order valence-corrected chi connectivity index (χ0v) is 9.27. The molecule has 16 heavy (non-hydrogen) atoms. The van der Waals surface area contributed by atoms with E-state index in [0.29, 0.717) is 16.5 Å². The molecule has 1 amide bonds. The van der Waals surface area contributed by atoms with Crippen molar-refractivity contribution >= 4 is 23.2 Å². The third-order valence-corrected chi connectivity index (χ3v) is 2.16. The number of amides is 1. The van der Waals surface area contributed by atoms with Gasteiger partial charge in [0.15, 0.2) is 5.69 Å². The number of carbonyl (C=O) groups excluding carboxylic acids is 1. The van der Waals surface area contributed by atoms with Crippen molar-refractivity contribution in [2.75, 3.05) is 5.32 Å². The maximum absolute atomic E-state index is 11.7. The fourth-order valence-corrected chi connectivity index (χ4v) is 1.29. The van der Waals surface area contributed by atoms with E-state index in [9.17, 15) is 4.79 Å². The summed E-state index contributed by atoms with van der Waals surface area (Å²) in [5, 5.41) is 7.03. The smallest absolute Gasteiger partial charge is 0.276 e. The van der Waals surface area contributed by atoms with Crippen molar-refractivity contribution < 1.29 is 4.79 Å². The highest BCUT2D eigenvalue weighted by molar-refractivity contribution is 6.29. The lowest BCUT2D eigenvalue weighted by atomic mass is 10.3. The molecule has 1 N–H and O–H groups in total. The second-order valence-electron chi connectivity index (χ2n) is 3.20. The molecule has 2 aromatic rings. The normalized spacial score (nSPS) is 10.1. The van der Waals surface area contributed by atoms with Crippen LogP contribution in [0.1, 0.15) is 10.5 Å². The molecule has 0 saturated heterocycles. The Bertz CT molecular complexity index is 506. The Morgan fingerprint density at radius 3 is 2.81 bits per heavy atom. The SMILES string of the molecule is Cn1ccc(C(=O)Nc2ccc(Cl)nc2)n1. The molecule has 0 bridgehead atoms. The monoisotopic (exact) mass is 236 g/mol. The van der Waals surface area contributed by atoms with E-state index in [2.05, 4.69) is 15.4 Å². The van der Waals surface area contributed by atoms with Gasteiger partial charge < -0.3 is 5.32 Å². The van der Waals surface area contributed by atoms with Gasteiger partial charge in [-0.2, -0.15) is 5.10 Å². The molecule has 82 valence electrons. The molecule has 0 fully saturated rings. The fraction of sp³-hybridized carbons (Fsp3) is 0.100. The summed E-state index contributed by atoms with van der Waals surface area (Å²) in [7, 11) is 1.75. The molecule has 0 aromatic carbocycles. The molecule has 6 heteroatoms. The van der Waals surface area contributed by atoms with Crippen molar-refractivity contribution in [3.63, 3.8) is 0 Å². The maximum Gasteiger partial charge on any atom is 0.276 e. The van der Waals surface area contributed by atoms with Gasteiger partial charge in [-0.1, -0.05) is 11.6 Å². The summed E-state index contributed by atoms with van der Waals surface area (Å²) >= 11 is 5.63. The van der Waals surface area contributed by atoms with Gasteiger partial charge in [0.1, 0.15) is 5.15 Å². The molecule has 5 nitrogen and oxygen atoms in total. The van der Waals surface area contributed by atoms with Gasteiger partial charge in [-0.25, -0.2) is 4.98 Å². The average molecular weight is 237 g/mol. The van der Waals surface area contributed by atoms with Crippen LogP contribution in [-0.4, -0.2) is 20.7 Å². The molecule has 0 unspecified atom stereocenters. The number of nitrogens with one attached hydrogen (secondary N) is 1. The highest BCUT2D eigenvalue weighted by Crippen LogP contribution is 2.10. The van der Waals surface area contributed by atoms with Gasteiger partial charge in [0, 0.05) is 13.2 Å². The number of anilines is 1. The molecule has 0 aliphatic heterocycles. The Balaban J connectivity index is 2.10.